The lowest BCUT2D eigenvalue weighted by atomic mass is 10.1. The fraction of sp³-hybridized carbons (Fsp3) is 0.308. The van der Waals surface area contributed by atoms with Crippen molar-refractivity contribution in [3.63, 3.8) is 0 Å². The molecular weight excluding hydrogens is 250 g/mol. The Hall–Kier alpha value is -1.36. The van der Waals surface area contributed by atoms with E-state index in [-0.39, 0.29) is 0 Å². The molecule has 1 N–H and O–H groups in total. The van der Waals surface area contributed by atoms with Crippen molar-refractivity contribution >= 4 is 11.6 Å². The van der Waals surface area contributed by atoms with Crippen LogP contribution in [0.1, 0.15) is 5.56 Å². The highest BCUT2D eigenvalue weighted by molar-refractivity contribution is 6.32. The van der Waals surface area contributed by atoms with Gasteiger partial charge in [0.15, 0.2) is 0 Å². The molecule has 1 aromatic carbocycles. The molecule has 0 aliphatic rings. The van der Waals surface area contributed by atoms with Gasteiger partial charge >= 0.3 is 0 Å². The zero-order chi connectivity index (χ0) is 12.8. The summed E-state index contributed by atoms with van der Waals surface area (Å²) in [7, 11) is 1.69. The molecule has 0 fully saturated rings. The van der Waals surface area contributed by atoms with Crippen molar-refractivity contribution in [2.75, 3.05) is 20.3 Å². The number of nitrogens with one attached hydrogen (secondary N) is 1. The van der Waals surface area contributed by atoms with E-state index in [1.807, 2.05) is 30.5 Å². The van der Waals surface area contributed by atoms with Crippen molar-refractivity contribution in [3.8, 4) is 5.69 Å². The van der Waals surface area contributed by atoms with Gasteiger partial charge in [0.05, 0.1) is 17.3 Å². The summed E-state index contributed by atoms with van der Waals surface area (Å²) in [6.45, 7) is 2.23. The Kier molecular flexibility index (Phi) is 4.75. The summed E-state index contributed by atoms with van der Waals surface area (Å²) in [6, 6.07) is 7.74. The highest BCUT2D eigenvalue weighted by atomic mass is 35.5. The number of halogens is 1. The van der Waals surface area contributed by atoms with Crippen LogP contribution >= 0.6 is 11.6 Å². The predicted octanol–water partition coefficient (Wildman–Crippen LogP) is 2.26. The lowest BCUT2D eigenvalue weighted by molar-refractivity contribution is 0.199. The maximum Gasteiger partial charge on any atom is 0.0876 e. The van der Waals surface area contributed by atoms with Gasteiger partial charge in [0.2, 0.25) is 0 Å². The van der Waals surface area contributed by atoms with Gasteiger partial charge in [-0.3, -0.25) is 0 Å². The average Bonchev–Trinajstić information content (AvgIpc) is 2.88. The second kappa shape index (κ2) is 6.54. The predicted molar refractivity (Wildman–Crippen MR) is 72.2 cm³/mol. The van der Waals surface area contributed by atoms with Gasteiger partial charge in [0, 0.05) is 32.6 Å². The number of para-hydroxylation sites is 1. The van der Waals surface area contributed by atoms with Gasteiger partial charge in [-0.15, -0.1) is 0 Å². The second-order valence-corrected chi connectivity index (χ2v) is 4.27. The van der Waals surface area contributed by atoms with E-state index in [1.54, 1.807) is 18.0 Å². The van der Waals surface area contributed by atoms with Gasteiger partial charge in [0.25, 0.3) is 0 Å². The summed E-state index contributed by atoms with van der Waals surface area (Å²) in [6.07, 6.45) is 3.63. The van der Waals surface area contributed by atoms with Crippen LogP contribution in [-0.4, -0.2) is 30.0 Å². The van der Waals surface area contributed by atoms with E-state index in [0.29, 0.717) is 11.6 Å². The molecule has 0 aliphatic heterocycles. The van der Waals surface area contributed by atoms with E-state index in [9.17, 15) is 0 Å². The van der Waals surface area contributed by atoms with E-state index >= 15 is 0 Å². The van der Waals surface area contributed by atoms with Gasteiger partial charge < -0.3 is 10.1 Å². The van der Waals surface area contributed by atoms with E-state index < -0.39 is 0 Å². The number of nitrogens with zero attached hydrogens (tertiary/aromatic N) is 2. The smallest absolute Gasteiger partial charge is 0.0876 e. The fourth-order valence-electron chi connectivity index (χ4n) is 1.76. The Morgan fingerprint density at radius 3 is 3.00 bits per heavy atom. The van der Waals surface area contributed by atoms with Crippen LogP contribution in [-0.2, 0) is 11.3 Å². The Balaban J connectivity index is 2.17. The molecule has 2 rings (SSSR count). The first kappa shape index (κ1) is 13.1. The number of ether oxygens (including phenoxy) is 1. The van der Waals surface area contributed by atoms with Crippen molar-refractivity contribution in [2.45, 2.75) is 6.54 Å². The first-order chi connectivity index (χ1) is 8.83. The molecule has 0 bridgehead atoms. The number of hydrogen-bond acceptors (Lipinski definition) is 3. The summed E-state index contributed by atoms with van der Waals surface area (Å²) in [5, 5.41) is 8.24. The number of benzene rings is 1. The monoisotopic (exact) mass is 265 g/mol. The highest BCUT2D eigenvalue weighted by Gasteiger charge is 2.08. The summed E-state index contributed by atoms with van der Waals surface area (Å²) in [5.74, 6) is 0. The number of aromatic nitrogens is 2. The Morgan fingerprint density at radius 1 is 1.39 bits per heavy atom. The van der Waals surface area contributed by atoms with Crippen LogP contribution in [0.4, 0.5) is 0 Å². The molecule has 0 spiro atoms. The van der Waals surface area contributed by atoms with Crippen LogP contribution in [0.2, 0.25) is 5.02 Å². The SMILES string of the molecule is COCCNCc1cccc(Cl)c1-n1cccn1. The lowest BCUT2D eigenvalue weighted by Crippen LogP contribution is -2.19. The van der Waals surface area contributed by atoms with E-state index in [0.717, 1.165) is 24.3 Å². The van der Waals surface area contributed by atoms with Crippen LogP contribution < -0.4 is 5.32 Å². The quantitative estimate of drug-likeness (QED) is 0.815. The number of hydrogen-bond donors (Lipinski definition) is 1. The highest BCUT2D eigenvalue weighted by Crippen LogP contribution is 2.23. The Labute approximate surface area is 112 Å². The van der Waals surface area contributed by atoms with E-state index in [4.69, 9.17) is 16.3 Å². The summed E-state index contributed by atoms with van der Waals surface area (Å²) in [4.78, 5) is 0. The lowest BCUT2D eigenvalue weighted by Gasteiger charge is -2.12. The van der Waals surface area contributed by atoms with Gasteiger partial charge in [-0.25, -0.2) is 4.68 Å². The van der Waals surface area contributed by atoms with Crippen LogP contribution in [0, 0.1) is 0 Å². The molecule has 0 radical (unpaired) electrons. The maximum absolute atomic E-state index is 6.25. The minimum absolute atomic E-state index is 0.692. The topological polar surface area (TPSA) is 39.1 Å². The zero-order valence-corrected chi connectivity index (χ0v) is 11.0. The van der Waals surface area contributed by atoms with Crippen molar-refractivity contribution in [1.29, 1.82) is 0 Å². The molecule has 96 valence electrons. The third-order valence-corrected chi connectivity index (χ3v) is 2.91. The molecule has 1 aromatic heterocycles. The van der Waals surface area contributed by atoms with E-state index in [2.05, 4.69) is 10.4 Å². The van der Waals surface area contributed by atoms with Gasteiger partial charge in [0.1, 0.15) is 0 Å². The summed E-state index contributed by atoms with van der Waals surface area (Å²) >= 11 is 6.25. The largest absolute Gasteiger partial charge is 0.383 e. The molecule has 2 aromatic rings. The zero-order valence-electron chi connectivity index (χ0n) is 10.3. The maximum atomic E-state index is 6.25. The number of rotatable bonds is 6. The standard InChI is InChI=1S/C13H16ClN3O/c1-18-9-7-15-10-11-4-2-5-12(14)13(11)17-8-3-6-16-17/h2-6,8,15H,7,9-10H2,1H3. The van der Waals surface area contributed by atoms with Crippen molar-refractivity contribution in [1.82, 2.24) is 15.1 Å². The Bertz CT molecular complexity index is 485. The van der Waals surface area contributed by atoms with Gasteiger partial charge in [-0.2, -0.15) is 5.10 Å². The molecular formula is C13H16ClN3O. The molecule has 0 saturated carbocycles. The average molecular weight is 266 g/mol. The third kappa shape index (κ3) is 3.10. The molecule has 5 heteroatoms. The van der Waals surface area contributed by atoms with Crippen molar-refractivity contribution < 1.29 is 4.74 Å². The molecule has 18 heavy (non-hydrogen) atoms. The Morgan fingerprint density at radius 2 is 2.28 bits per heavy atom. The van der Waals surface area contributed by atoms with Gasteiger partial charge in [-0.1, -0.05) is 23.7 Å². The van der Waals surface area contributed by atoms with Crippen molar-refractivity contribution in [2.24, 2.45) is 0 Å². The fourth-order valence-corrected chi connectivity index (χ4v) is 2.04. The minimum Gasteiger partial charge on any atom is -0.383 e. The first-order valence-corrected chi connectivity index (χ1v) is 6.18. The molecule has 0 aliphatic carbocycles. The minimum atomic E-state index is 0.692. The molecule has 1 heterocycles. The second-order valence-electron chi connectivity index (χ2n) is 3.87. The molecule has 0 amide bonds. The number of methoxy groups -OCH3 is 1. The van der Waals surface area contributed by atoms with Crippen LogP contribution in [0.15, 0.2) is 36.7 Å². The third-order valence-electron chi connectivity index (χ3n) is 2.60. The normalized spacial score (nSPS) is 10.8. The van der Waals surface area contributed by atoms with Gasteiger partial charge in [-0.05, 0) is 17.7 Å². The summed E-state index contributed by atoms with van der Waals surface area (Å²) in [5.41, 5.74) is 2.04. The molecule has 0 saturated heterocycles. The first-order valence-electron chi connectivity index (χ1n) is 5.80. The van der Waals surface area contributed by atoms with Crippen molar-refractivity contribution in [3.05, 3.63) is 47.2 Å². The van der Waals surface area contributed by atoms with E-state index in [1.165, 1.54) is 0 Å². The van der Waals surface area contributed by atoms with Crippen LogP contribution in [0.5, 0.6) is 0 Å². The summed E-state index contributed by atoms with van der Waals surface area (Å²) < 4.78 is 6.79. The van der Waals surface area contributed by atoms with Crippen LogP contribution in [0.3, 0.4) is 0 Å². The van der Waals surface area contributed by atoms with Crippen LogP contribution in [0.25, 0.3) is 5.69 Å². The molecule has 4 nitrogen and oxygen atoms in total. The molecule has 0 unspecified atom stereocenters. The molecule has 0 atom stereocenters.